The van der Waals surface area contributed by atoms with Crippen LogP contribution >= 0.6 is 11.5 Å². The van der Waals surface area contributed by atoms with Crippen molar-refractivity contribution in [2.45, 2.75) is 19.8 Å². The predicted octanol–water partition coefficient (Wildman–Crippen LogP) is 1.57. The van der Waals surface area contributed by atoms with E-state index in [9.17, 15) is 0 Å². The Morgan fingerprint density at radius 3 is 2.88 bits per heavy atom. The lowest BCUT2D eigenvalue weighted by atomic mass is 10.4. The van der Waals surface area contributed by atoms with E-state index in [2.05, 4.69) is 21.6 Å². The molecule has 0 aromatic carbocycles. The molecule has 5 nitrogen and oxygen atoms in total. The Morgan fingerprint density at radius 1 is 1.31 bits per heavy atom. The van der Waals surface area contributed by atoms with Crippen molar-refractivity contribution in [2.24, 2.45) is 0 Å². The summed E-state index contributed by atoms with van der Waals surface area (Å²) in [4.78, 5) is 4.31. The van der Waals surface area contributed by atoms with Gasteiger partial charge in [0, 0.05) is 38.2 Å². The van der Waals surface area contributed by atoms with Crippen molar-refractivity contribution >= 4 is 16.7 Å². The van der Waals surface area contributed by atoms with Crippen LogP contribution in [0.25, 0.3) is 0 Å². The Bertz CT molecular complexity index is 281. The van der Waals surface area contributed by atoms with Crippen LogP contribution in [0.2, 0.25) is 0 Å². The largest absolute Gasteiger partial charge is 0.382 e. The first-order valence-corrected chi connectivity index (χ1v) is 6.27. The fourth-order valence-electron chi connectivity index (χ4n) is 1.08. The average molecular weight is 245 g/mol. The molecule has 0 unspecified atom stereocenters. The number of ether oxygens (including phenoxy) is 2. The zero-order chi connectivity index (χ0) is 11.6. The van der Waals surface area contributed by atoms with E-state index in [4.69, 9.17) is 9.47 Å². The maximum Gasteiger partial charge on any atom is 0.202 e. The van der Waals surface area contributed by atoms with Gasteiger partial charge in [-0.25, -0.2) is 4.98 Å². The van der Waals surface area contributed by atoms with Crippen LogP contribution in [0.5, 0.6) is 0 Å². The standard InChI is InChI=1S/C10H19N3O2S/c1-3-9-12-10(16-13-9)11-5-4-6-15-8-7-14-2/h3-8H2,1-2H3,(H,11,12,13). The van der Waals surface area contributed by atoms with Crippen molar-refractivity contribution in [3.8, 4) is 0 Å². The first-order valence-electron chi connectivity index (χ1n) is 5.50. The van der Waals surface area contributed by atoms with Crippen molar-refractivity contribution in [3.05, 3.63) is 5.82 Å². The Kier molecular flexibility index (Phi) is 7.03. The van der Waals surface area contributed by atoms with E-state index in [-0.39, 0.29) is 0 Å². The Labute approximate surface area is 100 Å². The first-order chi connectivity index (χ1) is 7.86. The predicted molar refractivity (Wildman–Crippen MR) is 65.1 cm³/mol. The third-order valence-electron chi connectivity index (χ3n) is 1.96. The average Bonchev–Trinajstić information content (AvgIpc) is 2.76. The molecule has 0 saturated heterocycles. The molecule has 92 valence electrons. The molecule has 1 heterocycles. The Morgan fingerprint density at radius 2 is 2.19 bits per heavy atom. The van der Waals surface area contributed by atoms with Crippen LogP contribution in [-0.4, -0.2) is 42.8 Å². The topological polar surface area (TPSA) is 56.3 Å². The molecule has 0 amide bonds. The lowest BCUT2D eigenvalue weighted by Crippen LogP contribution is -2.08. The van der Waals surface area contributed by atoms with Gasteiger partial charge in [0.1, 0.15) is 5.82 Å². The first kappa shape index (κ1) is 13.3. The van der Waals surface area contributed by atoms with Gasteiger partial charge in [0.05, 0.1) is 13.2 Å². The summed E-state index contributed by atoms with van der Waals surface area (Å²) < 4.78 is 14.4. The molecule has 1 aromatic heterocycles. The van der Waals surface area contributed by atoms with Crippen molar-refractivity contribution in [1.29, 1.82) is 0 Å². The van der Waals surface area contributed by atoms with Crippen LogP contribution in [0.3, 0.4) is 0 Å². The third-order valence-corrected chi connectivity index (χ3v) is 2.67. The number of anilines is 1. The SMILES string of the molecule is CCc1nsc(NCCCOCCOC)n1. The van der Waals surface area contributed by atoms with Crippen LogP contribution in [0, 0.1) is 0 Å². The van der Waals surface area contributed by atoms with Gasteiger partial charge in [0.2, 0.25) is 5.13 Å². The third kappa shape index (κ3) is 5.39. The summed E-state index contributed by atoms with van der Waals surface area (Å²) >= 11 is 1.41. The van der Waals surface area contributed by atoms with Crippen molar-refractivity contribution in [1.82, 2.24) is 9.36 Å². The van der Waals surface area contributed by atoms with Gasteiger partial charge >= 0.3 is 0 Å². The highest BCUT2D eigenvalue weighted by atomic mass is 32.1. The molecule has 0 aliphatic heterocycles. The second kappa shape index (κ2) is 8.43. The maximum atomic E-state index is 5.34. The van der Waals surface area contributed by atoms with Gasteiger partial charge in [-0.15, -0.1) is 0 Å². The van der Waals surface area contributed by atoms with Gasteiger partial charge in [-0.3, -0.25) is 0 Å². The fourth-order valence-corrected chi connectivity index (χ4v) is 1.76. The van der Waals surface area contributed by atoms with Gasteiger partial charge in [-0.2, -0.15) is 4.37 Å². The second-order valence-electron chi connectivity index (χ2n) is 3.25. The molecule has 0 aliphatic carbocycles. The minimum atomic E-state index is 0.656. The molecule has 16 heavy (non-hydrogen) atoms. The van der Waals surface area contributed by atoms with Crippen molar-refractivity contribution in [3.63, 3.8) is 0 Å². The van der Waals surface area contributed by atoms with Crippen LogP contribution in [-0.2, 0) is 15.9 Å². The van der Waals surface area contributed by atoms with E-state index in [0.717, 1.165) is 36.9 Å². The number of nitrogens with one attached hydrogen (secondary N) is 1. The monoisotopic (exact) mass is 245 g/mol. The molecule has 0 aliphatic rings. The highest BCUT2D eigenvalue weighted by Gasteiger charge is 2.00. The highest BCUT2D eigenvalue weighted by Crippen LogP contribution is 2.10. The number of aromatic nitrogens is 2. The number of aryl methyl sites for hydroxylation is 1. The summed E-state index contributed by atoms with van der Waals surface area (Å²) in [5, 5.41) is 4.12. The molecule has 0 radical (unpaired) electrons. The molecular weight excluding hydrogens is 226 g/mol. The van der Waals surface area contributed by atoms with E-state index >= 15 is 0 Å². The normalized spacial score (nSPS) is 10.6. The fraction of sp³-hybridized carbons (Fsp3) is 0.800. The van der Waals surface area contributed by atoms with Gasteiger partial charge < -0.3 is 14.8 Å². The summed E-state index contributed by atoms with van der Waals surface area (Å²) in [6.07, 6.45) is 1.85. The molecule has 1 rings (SSSR count). The van der Waals surface area contributed by atoms with Gasteiger partial charge in [-0.1, -0.05) is 6.92 Å². The lowest BCUT2D eigenvalue weighted by Gasteiger charge is -2.03. The Hall–Kier alpha value is -0.720. The summed E-state index contributed by atoms with van der Waals surface area (Å²) in [7, 11) is 1.67. The zero-order valence-corrected chi connectivity index (χ0v) is 10.7. The zero-order valence-electron chi connectivity index (χ0n) is 9.86. The summed E-state index contributed by atoms with van der Waals surface area (Å²) in [6.45, 7) is 4.98. The number of nitrogens with zero attached hydrogens (tertiary/aromatic N) is 2. The summed E-state index contributed by atoms with van der Waals surface area (Å²) in [5.74, 6) is 0.906. The van der Waals surface area contributed by atoms with Gasteiger partial charge in [-0.05, 0) is 6.42 Å². The molecule has 0 atom stereocenters. The van der Waals surface area contributed by atoms with Gasteiger partial charge in [0.15, 0.2) is 0 Å². The Balaban J connectivity index is 1.98. The minimum Gasteiger partial charge on any atom is -0.382 e. The molecule has 1 aromatic rings. The molecule has 0 bridgehead atoms. The van der Waals surface area contributed by atoms with Gasteiger partial charge in [0.25, 0.3) is 0 Å². The molecule has 0 fully saturated rings. The molecule has 0 spiro atoms. The smallest absolute Gasteiger partial charge is 0.202 e. The van der Waals surface area contributed by atoms with E-state index in [1.54, 1.807) is 7.11 Å². The lowest BCUT2D eigenvalue weighted by molar-refractivity contribution is 0.0705. The number of rotatable bonds is 9. The quantitative estimate of drug-likeness (QED) is 0.669. The molecule has 1 N–H and O–H groups in total. The van der Waals surface area contributed by atoms with E-state index in [1.807, 2.05) is 0 Å². The minimum absolute atomic E-state index is 0.656. The number of hydrogen-bond donors (Lipinski definition) is 1. The second-order valence-corrected chi connectivity index (χ2v) is 4.01. The number of methoxy groups -OCH3 is 1. The molecular formula is C10H19N3O2S. The van der Waals surface area contributed by atoms with Crippen LogP contribution in [0.4, 0.5) is 5.13 Å². The van der Waals surface area contributed by atoms with Crippen molar-refractivity contribution < 1.29 is 9.47 Å². The van der Waals surface area contributed by atoms with E-state index < -0.39 is 0 Å². The molecule has 0 saturated carbocycles. The van der Waals surface area contributed by atoms with Crippen molar-refractivity contribution in [2.75, 3.05) is 38.8 Å². The summed E-state index contributed by atoms with van der Waals surface area (Å²) in [6, 6.07) is 0. The van der Waals surface area contributed by atoms with Crippen LogP contribution < -0.4 is 5.32 Å². The van der Waals surface area contributed by atoms with E-state index in [0.29, 0.717) is 13.2 Å². The highest BCUT2D eigenvalue weighted by molar-refractivity contribution is 7.09. The van der Waals surface area contributed by atoms with E-state index in [1.165, 1.54) is 11.5 Å². The summed E-state index contributed by atoms with van der Waals surface area (Å²) in [5.41, 5.74) is 0. The number of hydrogen-bond acceptors (Lipinski definition) is 6. The van der Waals surface area contributed by atoms with Crippen LogP contribution in [0.1, 0.15) is 19.2 Å². The van der Waals surface area contributed by atoms with Crippen LogP contribution in [0.15, 0.2) is 0 Å². The molecule has 6 heteroatoms. The maximum absolute atomic E-state index is 5.34.